The van der Waals surface area contributed by atoms with E-state index in [0.29, 0.717) is 29.2 Å². The number of aromatic nitrogens is 5. The zero-order valence-electron chi connectivity index (χ0n) is 25.8. The Morgan fingerprint density at radius 3 is 2.55 bits per heavy atom. The Balaban J connectivity index is 0.965. The van der Waals surface area contributed by atoms with Gasteiger partial charge < -0.3 is 29.1 Å². The SMILES string of the molecule is Cc1noc(C(=O)N2CC[C@H](Oc3ccc(-c4ncnc(Nc5ccc(N6CCN(C7COC7)CC6)cc5)n4)cc3C#N)[C@@H](F)C2)n1. The molecule has 0 unspecified atom stereocenters. The van der Waals surface area contributed by atoms with E-state index in [0.717, 1.165) is 45.1 Å². The third-order valence-electron chi connectivity index (χ3n) is 8.63. The van der Waals surface area contributed by atoms with Crippen LogP contribution in [0.15, 0.2) is 53.3 Å². The van der Waals surface area contributed by atoms with Crippen LogP contribution >= 0.6 is 0 Å². The summed E-state index contributed by atoms with van der Waals surface area (Å²) in [5.74, 6) is 0.583. The van der Waals surface area contributed by atoms with Gasteiger partial charge in [0, 0.05) is 56.1 Å². The lowest BCUT2D eigenvalue weighted by Gasteiger charge is -2.43. The number of alkyl halides is 1. The Bertz CT molecular complexity index is 1770. The van der Waals surface area contributed by atoms with Crippen LogP contribution < -0.4 is 15.0 Å². The Kier molecular flexibility index (Phi) is 8.60. The number of anilines is 3. The quantitative estimate of drug-likeness (QED) is 0.300. The van der Waals surface area contributed by atoms with Crippen molar-refractivity contribution in [2.45, 2.75) is 31.7 Å². The molecule has 242 valence electrons. The third kappa shape index (κ3) is 6.69. The molecule has 0 spiro atoms. The average molecular weight is 641 g/mol. The Morgan fingerprint density at radius 1 is 1.06 bits per heavy atom. The summed E-state index contributed by atoms with van der Waals surface area (Å²) in [6, 6.07) is 15.8. The van der Waals surface area contributed by atoms with Crippen LogP contribution in [0.25, 0.3) is 11.4 Å². The number of aryl methyl sites for hydroxylation is 1. The van der Waals surface area contributed by atoms with Gasteiger partial charge >= 0.3 is 11.8 Å². The molecule has 2 aromatic carbocycles. The van der Waals surface area contributed by atoms with Crippen LogP contribution in [0.1, 0.15) is 28.5 Å². The standard InChI is InChI=1S/C32H33FN10O4/c1-20-37-30(47-40-20)31(44)43-9-8-28(26(33)16-43)46-27-7-2-21(14-22(27)15-34)29-35-19-36-32(39-29)38-23-3-5-24(6-4-23)41-10-12-42(13-11-41)25-17-45-18-25/h2-7,14,19,25-26,28H,8-13,16-18H2,1H3,(H,35,36,38,39)/t26-,28-/m0/s1. The maximum absolute atomic E-state index is 15.1. The normalized spacial score (nSPS) is 20.4. The zero-order valence-corrected chi connectivity index (χ0v) is 25.8. The summed E-state index contributed by atoms with van der Waals surface area (Å²) in [4.78, 5) is 35.8. The predicted molar refractivity (Wildman–Crippen MR) is 167 cm³/mol. The number of piperazine rings is 1. The zero-order chi connectivity index (χ0) is 32.3. The fourth-order valence-corrected chi connectivity index (χ4v) is 5.90. The van der Waals surface area contributed by atoms with Crippen LogP contribution in [-0.4, -0.2) is 112 Å². The number of likely N-dealkylation sites (tertiary alicyclic amines) is 1. The summed E-state index contributed by atoms with van der Waals surface area (Å²) >= 11 is 0. The topological polar surface area (TPSA) is 159 Å². The van der Waals surface area contributed by atoms with Crippen LogP contribution in [0.5, 0.6) is 5.75 Å². The number of ether oxygens (including phenoxy) is 2. The van der Waals surface area contributed by atoms with E-state index in [4.69, 9.17) is 14.0 Å². The van der Waals surface area contributed by atoms with Gasteiger partial charge in [-0.3, -0.25) is 9.69 Å². The highest BCUT2D eigenvalue weighted by molar-refractivity contribution is 5.89. The van der Waals surface area contributed by atoms with Crippen LogP contribution in [-0.2, 0) is 4.74 Å². The van der Waals surface area contributed by atoms with Crippen molar-refractivity contribution in [2.75, 3.05) is 62.7 Å². The van der Waals surface area contributed by atoms with Crippen LogP contribution in [0.3, 0.4) is 0 Å². The lowest BCUT2D eigenvalue weighted by Crippen LogP contribution is -2.56. The van der Waals surface area contributed by atoms with Crippen LogP contribution in [0, 0.1) is 18.3 Å². The maximum atomic E-state index is 15.1. The van der Waals surface area contributed by atoms with E-state index in [1.54, 1.807) is 25.1 Å². The van der Waals surface area contributed by atoms with Crippen molar-refractivity contribution in [3.8, 4) is 23.2 Å². The summed E-state index contributed by atoms with van der Waals surface area (Å²) in [6.07, 6.45) is -0.691. The molecular weight excluding hydrogens is 607 g/mol. The number of nitrogens with zero attached hydrogens (tertiary/aromatic N) is 9. The van der Waals surface area contributed by atoms with Crippen LogP contribution in [0.2, 0.25) is 0 Å². The molecule has 0 saturated carbocycles. The van der Waals surface area contributed by atoms with Crippen molar-refractivity contribution in [2.24, 2.45) is 0 Å². The second-order valence-corrected chi connectivity index (χ2v) is 11.7. The third-order valence-corrected chi connectivity index (χ3v) is 8.63. The molecule has 3 aliphatic rings. The van der Waals surface area contributed by atoms with Gasteiger partial charge in [0.05, 0.1) is 31.4 Å². The van der Waals surface area contributed by atoms with E-state index < -0.39 is 18.2 Å². The highest BCUT2D eigenvalue weighted by Gasteiger charge is 2.35. The first-order valence-electron chi connectivity index (χ1n) is 15.5. The van der Waals surface area contributed by atoms with Gasteiger partial charge in [0.2, 0.25) is 5.95 Å². The Hall–Kier alpha value is -5.20. The first-order valence-corrected chi connectivity index (χ1v) is 15.5. The number of hydrogen-bond acceptors (Lipinski definition) is 13. The molecule has 47 heavy (non-hydrogen) atoms. The number of rotatable bonds is 8. The number of carbonyl (C=O) groups is 1. The molecule has 14 nitrogen and oxygen atoms in total. The van der Waals surface area contributed by atoms with Gasteiger partial charge in [-0.15, -0.1) is 0 Å². The summed E-state index contributed by atoms with van der Waals surface area (Å²) in [5, 5.41) is 16.7. The van der Waals surface area contributed by atoms with Crippen LogP contribution in [0.4, 0.5) is 21.7 Å². The van der Waals surface area contributed by atoms with Gasteiger partial charge in [-0.25, -0.2) is 14.4 Å². The second-order valence-electron chi connectivity index (χ2n) is 11.7. The summed E-state index contributed by atoms with van der Waals surface area (Å²) < 4.78 is 31.3. The molecule has 3 saturated heterocycles. The van der Waals surface area contributed by atoms with Crippen molar-refractivity contribution in [3.63, 3.8) is 0 Å². The molecular formula is C32H33FN10O4. The smallest absolute Gasteiger partial charge is 0.316 e. The summed E-state index contributed by atoms with van der Waals surface area (Å²) in [5.41, 5.74) is 2.79. The maximum Gasteiger partial charge on any atom is 0.316 e. The molecule has 1 amide bonds. The molecule has 0 bridgehead atoms. The summed E-state index contributed by atoms with van der Waals surface area (Å²) in [7, 11) is 0. The predicted octanol–water partition coefficient (Wildman–Crippen LogP) is 3.00. The van der Waals surface area contributed by atoms with Gasteiger partial charge in [0.15, 0.2) is 17.8 Å². The van der Waals surface area contributed by atoms with E-state index in [2.05, 4.69) is 58.4 Å². The molecule has 0 aliphatic carbocycles. The lowest BCUT2D eigenvalue weighted by molar-refractivity contribution is -0.0660. The van der Waals surface area contributed by atoms with Gasteiger partial charge in [-0.2, -0.15) is 15.2 Å². The first kappa shape index (κ1) is 30.5. The Labute approximate surface area is 270 Å². The second kappa shape index (κ2) is 13.3. The molecule has 1 N–H and O–H groups in total. The minimum atomic E-state index is -1.48. The van der Waals surface area contributed by atoms with E-state index in [1.807, 2.05) is 12.1 Å². The van der Waals surface area contributed by atoms with Crippen molar-refractivity contribution < 1.29 is 23.2 Å². The molecule has 3 fully saturated rings. The van der Waals surface area contributed by atoms with Gasteiger partial charge in [-0.1, -0.05) is 5.16 Å². The van der Waals surface area contributed by atoms with E-state index >= 15 is 4.39 Å². The lowest BCUT2D eigenvalue weighted by atomic mass is 10.0. The number of nitrogens with one attached hydrogen (secondary N) is 1. The number of carbonyl (C=O) groups excluding carboxylic acids is 1. The van der Waals surface area contributed by atoms with Gasteiger partial charge in [0.25, 0.3) is 0 Å². The summed E-state index contributed by atoms with van der Waals surface area (Å²) in [6.45, 7) is 7.35. The molecule has 15 heteroatoms. The monoisotopic (exact) mass is 640 g/mol. The molecule has 7 rings (SSSR count). The number of amides is 1. The number of halogens is 1. The molecule has 0 radical (unpaired) electrons. The number of piperidine rings is 1. The van der Waals surface area contributed by atoms with Crippen molar-refractivity contribution in [1.82, 2.24) is 34.9 Å². The fourth-order valence-electron chi connectivity index (χ4n) is 5.90. The molecule has 4 aromatic rings. The first-order chi connectivity index (χ1) is 22.9. The highest BCUT2D eigenvalue weighted by atomic mass is 19.1. The number of hydrogen-bond donors (Lipinski definition) is 1. The highest BCUT2D eigenvalue weighted by Crippen LogP contribution is 2.29. The minimum Gasteiger partial charge on any atom is -0.486 e. The van der Waals surface area contributed by atoms with Gasteiger partial charge in [-0.05, 0) is 49.4 Å². The van der Waals surface area contributed by atoms with Crippen molar-refractivity contribution >= 4 is 23.2 Å². The number of benzene rings is 2. The Morgan fingerprint density at radius 2 is 1.87 bits per heavy atom. The molecule has 2 atom stereocenters. The van der Waals surface area contributed by atoms with Crippen molar-refractivity contribution in [1.29, 1.82) is 5.26 Å². The fraction of sp³-hybridized carbons (Fsp3) is 0.406. The van der Waals surface area contributed by atoms with E-state index in [9.17, 15) is 10.1 Å². The van der Waals surface area contributed by atoms with E-state index in [1.165, 1.54) is 16.9 Å². The largest absolute Gasteiger partial charge is 0.486 e. The van der Waals surface area contributed by atoms with Gasteiger partial charge in [0.1, 0.15) is 24.3 Å². The number of nitriles is 1. The molecule has 3 aliphatic heterocycles. The average Bonchev–Trinajstić information content (AvgIpc) is 3.51. The van der Waals surface area contributed by atoms with E-state index in [-0.39, 0.29) is 36.7 Å². The molecule has 5 heterocycles. The van der Waals surface area contributed by atoms with Crippen molar-refractivity contribution in [3.05, 3.63) is 66.1 Å². The molecule has 2 aromatic heterocycles. The minimum absolute atomic E-state index is 0.175.